The van der Waals surface area contributed by atoms with Gasteiger partial charge in [0, 0.05) is 23.4 Å². The van der Waals surface area contributed by atoms with Crippen LogP contribution in [0.2, 0.25) is 0 Å². The Morgan fingerprint density at radius 3 is 2.44 bits per heavy atom. The first-order valence-corrected chi connectivity index (χ1v) is 7.96. The number of pyridine rings is 1. The molecule has 0 aliphatic carbocycles. The summed E-state index contributed by atoms with van der Waals surface area (Å²) in [6, 6.07) is 12.9. The molecule has 1 heterocycles. The van der Waals surface area contributed by atoms with E-state index in [-0.39, 0.29) is 5.75 Å². The lowest BCUT2D eigenvalue weighted by Crippen LogP contribution is -2.12. The van der Waals surface area contributed by atoms with Gasteiger partial charge in [-0.3, -0.25) is 9.78 Å². The van der Waals surface area contributed by atoms with Gasteiger partial charge in [-0.1, -0.05) is 12.1 Å². The largest absolute Gasteiger partial charge is 0.457 e. The molecule has 27 heavy (non-hydrogen) atoms. The van der Waals surface area contributed by atoms with Crippen LogP contribution in [0.25, 0.3) is 11.3 Å². The van der Waals surface area contributed by atoms with Crippen LogP contribution in [0.1, 0.15) is 21.5 Å². The fraction of sp³-hybridized carbons (Fsp3) is 0.100. The van der Waals surface area contributed by atoms with E-state index in [4.69, 9.17) is 10.5 Å². The number of nitrogens with zero attached hydrogens (tertiary/aromatic N) is 1. The summed E-state index contributed by atoms with van der Waals surface area (Å²) in [5.74, 6) is -0.105. The maximum absolute atomic E-state index is 12.8. The number of halogens is 3. The molecule has 0 atom stereocenters. The van der Waals surface area contributed by atoms with Gasteiger partial charge in [-0.15, -0.1) is 0 Å². The van der Waals surface area contributed by atoms with E-state index in [1.54, 1.807) is 37.3 Å². The number of rotatable bonds is 4. The van der Waals surface area contributed by atoms with Crippen molar-refractivity contribution >= 4 is 5.91 Å². The molecule has 4 nitrogen and oxygen atoms in total. The van der Waals surface area contributed by atoms with Crippen LogP contribution < -0.4 is 10.5 Å². The molecule has 0 unspecified atom stereocenters. The zero-order chi connectivity index (χ0) is 19.6. The predicted molar refractivity (Wildman–Crippen MR) is 94.4 cm³/mol. The highest BCUT2D eigenvalue weighted by Gasteiger charge is 2.30. The lowest BCUT2D eigenvalue weighted by atomic mass is 10.0. The highest BCUT2D eigenvalue weighted by atomic mass is 19.4. The normalized spacial score (nSPS) is 11.3. The highest BCUT2D eigenvalue weighted by Crippen LogP contribution is 2.33. The number of aryl methyl sites for hydroxylation is 1. The van der Waals surface area contributed by atoms with E-state index in [1.807, 2.05) is 0 Å². The topological polar surface area (TPSA) is 65.2 Å². The minimum Gasteiger partial charge on any atom is -0.457 e. The Bertz CT molecular complexity index is 1000. The SMILES string of the molecule is Cc1cc(-c2cc(Oc3cccc(C(F)(F)F)c3)ccn2)ccc1C(N)=O. The highest BCUT2D eigenvalue weighted by molar-refractivity contribution is 5.94. The average Bonchev–Trinajstić information content (AvgIpc) is 2.61. The average molecular weight is 372 g/mol. The summed E-state index contributed by atoms with van der Waals surface area (Å²) in [5.41, 5.74) is 6.91. The molecule has 3 aromatic rings. The summed E-state index contributed by atoms with van der Waals surface area (Å²) in [5, 5.41) is 0. The van der Waals surface area contributed by atoms with Crippen LogP contribution in [0, 0.1) is 6.92 Å². The van der Waals surface area contributed by atoms with Crippen molar-refractivity contribution in [2.45, 2.75) is 13.1 Å². The second-order valence-electron chi connectivity index (χ2n) is 5.90. The van der Waals surface area contributed by atoms with Gasteiger partial charge in [-0.2, -0.15) is 13.2 Å². The van der Waals surface area contributed by atoms with Crippen LogP contribution in [0.5, 0.6) is 11.5 Å². The molecular weight excluding hydrogens is 357 g/mol. The fourth-order valence-corrected chi connectivity index (χ4v) is 2.60. The van der Waals surface area contributed by atoms with Gasteiger partial charge in [0.15, 0.2) is 0 Å². The maximum Gasteiger partial charge on any atom is 0.416 e. The van der Waals surface area contributed by atoms with Gasteiger partial charge in [-0.05, 0) is 48.9 Å². The van der Waals surface area contributed by atoms with Crippen molar-refractivity contribution in [1.82, 2.24) is 4.98 Å². The van der Waals surface area contributed by atoms with Crippen LogP contribution in [0.3, 0.4) is 0 Å². The summed E-state index contributed by atoms with van der Waals surface area (Å²) >= 11 is 0. The molecule has 0 fully saturated rings. The summed E-state index contributed by atoms with van der Waals surface area (Å²) < 4.78 is 44.0. The van der Waals surface area contributed by atoms with Crippen LogP contribution in [-0.2, 0) is 6.18 Å². The number of hydrogen-bond acceptors (Lipinski definition) is 3. The molecule has 0 aliphatic heterocycles. The number of nitrogens with two attached hydrogens (primary N) is 1. The second-order valence-corrected chi connectivity index (χ2v) is 5.90. The van der Waals surface area contributed by atoms with Gasteiger partial charge >= 0.3 is 6.18 Å². The quantitative estimate of drug-likeness (QED) is 0.703. The van der Waals surface area contributed by atoms with Gasteiger partial charge in [0.05, 0.1) is 11.3 Å². The fourth-order valence-electron chi connectivity index (χ4n) is 2.60. The number of primary amides is 1. The van der Waals surface area contributed by atoms with Crippen molar-refractivity contribution in [2.75, 3.05) is 0 Å². The number of carbonyl (C=O) groups is 1. The Labute approximate surface area is 153 Å². The smallest absolute Gasteiger partial charge is 0.416 e. The first-order chi connectivity index (χ1) is 12.7. The van der Waals surface area contributed by atoms with Gasteiger partial charge in [0.2, 0.25) is 5.91 Å². The van der Waals surface area contributed by atoms with E-state index < -0.39 is 17.6 Å². The first kappa shape index (κ1) is 18.4. The zero-order valence-electron chi connectivity index (χ0n) is 14.2. The molecule has 1 amide bonds. The van der Waals surface area contributed by atoms with Gasteiger partial charge in [-0.25, -0.2) is 0 Å². The second kappa shape index (κ2) is 7.11. The Balaban J connectivity index is 1.89. The van der Waals surface area contributed by atoms with E-state index >= 15 is 0 Å². The number of carbonyl (C=O) groups excluding carboxylic acids is 1. The Hall–Kier alpha value is -3.35. The molecule has 138 valence electrons. The lowest BCUT2D eigenvalue weighted by molar-refractivity contribution is -0.137. The van der Waals surface area contributed by atoms with E-state index in [2.05, 4.69) is 4.98 Å². The Kier molecular flexibility index (Phi) is 4.85. The number of amides is 1. The van der Waals surface area contributed by atoms with Crippen molar-refractivity contribution < 1.29 is 22.7 Å². The van der Waals surface area contributed by atoms with Crippen molar-refractivity contribution in [3.05, 3.63) is 77.5 Å². The van der Waals surface area contributed by atoms with Crippen molar-refractivity contribution in [2.24, 2.45) is 5.73 Å². The van der Waals surface area contributed by atoms with E-state index in [0.717, 1.165) is 17.7 Å². The van der Waals surface area contributed by atoms with E-state index in [9.17, 15) is 18.0 Å². The predicted octanol–water partition coefficient (Wildman–Crippen LogP) is 4.97. The van der Waals surface area contributed by atoms with Crippen LogP contribution in [0.15, 0.2) is 60.8 Å². The molecule has 0 saturated carbocycles. The third-order valence-electron chi connectivity index (χ3n) is 3.92. The molecule has 0 bridgehead atoms. The maximum atomic E-state index is 12.8. The molecule has 0 radical (unpaired) electrons. The molecule has 1 aromatic heterocycles. The zero-order valence-corrected chi connectivity index (χ0v) is 14.2. The van der Waals surface area contributed by atoms with Gasteiger partial charge in [0.1, 0.15) is 11.5 Å². The van der Waals surface area contributed by atoms with Crippen molar-refractivity contribution in [3.63, 3.8) is 0 Å². The van der Waals surface area contributed by atoms with Crippen LogP contribution in [0.4, 0.5) is 13.2 Å². The molecule has 2 aromatic carbocycles. The number of aromatic nitrogens is 1. The molecule has 0 aliphatic rings. The van der Waals surface area contributed by atoms with Crippen LogP contribution in [-0.4, -0.2) is 10.9 Å². The summed E-state index contributed by atoms with van der Waals surface area (Å²) in [7, 11) is 0. The summed E-state index contributed by atoms with van der Waals surface area (Å²) in [6.45, 7) is 1.76. The van der Waals surface area contributed by atoms with Gasteiger partial charge in [0.25, 0.3) is 0 Å². The van der Waals surface area contributed by atoms with Crippen LogP contribution >= 0.6 is 0 Å². The van der Waals surface area contributed by atoms with Gasteiger partial charge < -0.3 is 10.5 Å². The first-order valence-electron chi connectivity index (χ1n) is 7.96. The monoisotopic (exact) mass is 372 g/mol. The number of alkyl halides is 3. The molecular formula is C20H15F3N2O2. The summed E-state index contributed by atoms with van der Waals surface area (Å²) in [4.78, 5) is 15.6. The molecule has 0 saturated heterocycles. The third-order valence-corrected chi connectivity index (χ3v) is 3.92. The summed E-state index contributed by atoms with van der Waals surface area (Å²) in [6.07, 6.45) is -2.95. The standard InChI is InChI=1S/C20H15F3N2O2/c1-12-9-13(5-6-17(12)19(24)26)18-11-16(7-8-25-18)27-15-4-2-3-14(10-15)20(21,22)23/h2-11H,1H3,(H2,24,26). The molecule has 0 spiro atoms. The number of benzene rings is 2. The van der Waals surface area contributed by atoms with E-state index in [0.29, 0.717) is 22.6 Å². The minimum absolute atomic E-state index is 0.0715. The Morgan fingerprint density at radius 1 is 1.04 bits per heavy atom. The van der Waals surface area contributed by atoms with Crippen molar-refractivity contribution in [3.8, 4) is 22.8 Å². The van der Waals surface area contributed by atoms with Crippen molar-refractivity contribution in [1.29, 1.82) is 0 Å². The Morgan fingerprint density at radius 2 is 1.78 bits per heavy atom. The molecule has 2 N–H and O–H groups in total. The van der Waals surface area contributed by atoms with E-state index in [1.165, 1.54) is 18.3 Å². The lowest BCUT2D eigenvalue weighted by Gasteiger charge is -2.11. The number of hydrogen-bond donors (Lipinski definition) is 1. The minimum atomic E-state index is -4.44. The third kappa shape index (κ3) is 4.25. The number of ether oxygens (including phenoxy) is 1. The molecule has 3 rings (SSSR count). The molecule has 7 heteroatoms.